The van der Waals surface area contributed by atoms with Crippen LogP contribution in [0.1, 0.15) is 0 Å². The monoisotopic (exact) mass is 116 g/mol. The van der Waals surface area contributed by atoms with Crippen LogP contribution < -0.4 is 0 Å². The smallest absolute Gasteiger partial charge is 0.394 e. The molecule has 0 aromatic rings. The minimum Gasteiger partial charge on any atom is -0.394 e. The third-order valence-corrected chi connectivity index (χ3v) is 0.421. The molecule has 0 aliphatic rings. The van der Waals surface area contributed by atoms with E-state index < -0.39 is 6.10 Å². The van der Waals surface area contributed by atoms with E-state index in [1.165, 1.54) is 0 Å². The number of aliphatic hydroxyl groups excluding tert-OH is 3. The van der Waals surface area contributed by atoms with Crippen LogP contribution in [0.5, 0.6) is 0 Å². The van der Waals surface area contributed by atoms with E-state index in [1.807, 2.05) is 0 Å². The molecule has 3 N–H and O–H groups in total. The van der Waals surface area contributed by atoms with Crippen LogP contribution in [0.3, 0.4) is 0 Å². The summed E-state index contributed by atoms with van der Waals surface area (Å²) in [5.41, 5.74) is 0. The Labute approximate surface area is 58.1 Å². The molecule has 0 bridgehead atoms. The van der Waals surface area contributed by atoms with Gasteiger partial charge in [-0.15, -0.1) is 0 Å². The molecule has 4 heteroatoms. The van der Waals surface area contributed by atoms with Crippen molar-refractivity contribution in [3.05, 3.63) is 0 Å². The van der Waals surface area contributed by atoms with E-state index in [2.05, 4.69) is 0 Å². The first kappa shape index (κ1) is 10.6. The molecule has 0 aromatic heterocycles. The van der Waals surface area contributed by atoms with E-state index in [4.69, 9.17) is 15.3 Å². The zero-order valence-corrected chi connectivity index (χ0v) is 5.45. The zero-order valence-electron chi connectivity index (χ0n) is 4.04. The quantitative estimate of drug-likeness (QED) is 0.364. The Kier molecular flexibility index (Phi) is 10.1. The standard InChI is InChI=1S/C3H8O3.Mg/c4-1-3(6)2-5;/h3-6H,1-2H2;/q;+2. The second-order valence-electron chi connectivity index (χ2n) is 1.02. The van der Waals surface area contributed by atoms with Gasteiger partial charge in [-0.2, -0.15) is 0 Å². The van der Waals surface area contributed by atoms with Gasteiger partial charge in [0.2, 0.25) is 0 Å². The van der Waals surface area contributed by atoms with Gasteiger partial charge in [0.05, 0.1) is 13.2 Å². The molecule has 0 aliphatic heterocycles. The van der Waals surface area contributed by atoms with Crippen molar-refractivity contribution >= 4 is 23.1 Å². The average molecular weight is 116 g/mol. The van der Waals surface area contributed by atoms with E-state index in [1.54, 1.807) is 0 Å². The van der Waals surface area contributed by atoms with Gasteiger partial charge in [0.15, 0.2) is 0 Å². The SMILES string of the molecule is OCC(O)CO.[Mg+2]. The van der Waals surface area contributed by atoms with E-state index in [0.717, 1.165) is 0 Å². The molecule has 0 atom stereocenters. The van der Waals surface area contributed by atoms with Crippen LogP contribution in [0.2, 0.25) is 0 Å². The third kappa shape index (κ3) is 6.65. The van der Waals surface area contributed by atoms with Crippen LogP contribution in [0.25, 0.3) is 0 Å². The van der Waals surface area contributed by atoms with Crippen molar-refractivity contribution in [2.75, 3.05) is 13.2 Å². The molecular weight excluding hydrogens is 108 g/mol. The third-order valence-electron chi connectivity index (χ3n) is 0.421. The number of rotatable bonds is 2. The zero-order chi connectivity index (χ0) is 4.99. The maximum absolute atomic E-state index is 8.17. The molecule has 0 fully saturated rings. The van der Waals surface area contributed by atoms with Crippen LogP contribution in [0.15, 0.2) is 0 Å². The largest absolute Gasteiger partial charge is 2.00 e. The average Bonchev–Trinajstić information content (AvgIpc) is 1.65. The Hall–Kier alpha value is 0.646. The van der Waals surface area contributed by atoms with Gasteiger partial charge in [-0.05, 0) is 0 Å². The summed E-state index contributed by atoms with van der Waals surface area (Å²) >= 11 is 0. The van der Waals surface area contributed by atoms with E-state index in [0.29, 0.717) is 0 Å². The minimum absolute atomic E-state index is 0. The van der Waals surface area contributed by atoms with E-state index >= 15 is 0 Å². The van der Waals surface area contributed by atoms with E-state index in [9.17, 15) is 0 Å². The Morgan fingerprint density at radius 2 is 1.43 bits per heavy atom. The summed E-state index contributed by atoms with van der Waals surface area (Å²) < 4.78 is 0. The van der Waals surface area contributed by atoms with Crippen LogP contribution >= 0.6 is 0 Å². The Morgan fingerprint density at radius 3 is 1.43 bits per heavy atom. The first-order chi connectivity index (χ1) is 2.81. The fourth-order valence-corrected chi connectivity index (χ4v) is 0.0577. The number of hydrogen-bond acceptors (Lipinski definition) is 3. The number of hydrogen-bond donors (Lipinski definition) is 3. The maximum atomic E-state index is 8.17. The predicted octanol–water partition coefficient (Wildman–Crippen LogP) is -2.05. The Bertz CT molecular complexity index is 29.4. The molecule has 3 nitrogen and oxygen atoms in total. The van der Waals surface area contributed by atoms with Crippen molar-refractivity contribution in [2.24, 2.45) is 0 Å². The van der Waals surface area contributed by atoms with Gasteiger partial charge in [0.1, 0.15) is 6.10 Å². The van der Waals surface area contributed by atoms with Gasteiger partial charge in [-0.3, -0.25) is 0 Å². The van der Waals surface area contributed by atoms with Gasteiger partial charge in [-0.1, -0.05) is 0 Å². The topological polar surface area (TPSA) is 60.7 Å². The number of aliphatic hydroxyl groups is 3. The van der Waals surface area contributed by atoms with Crippen molar-refractivity contribution in [2.45, 2.75) is 6.10 Å². The second-order valence-corrected chi connectivity index (χ2v) is 1.02. The summed E-state index contributed by atoms with van der Waals surface area (Å²) in [7, 11) is 0. The molecule has 0 heterocycles. The molecule has 38 valence electrons. The summed E-state index contributed by atoms with van der Waals surface area (Å²) in [5, 5.41) is 24.0. The van der Waals surface area contributed by atoms with Crippen molar-refractivity contribution in [3.8, 4) is 0 Å². The van der Waals surface area contributed by atoms with Crippen molar-refractivity contribution in [1.29, 1.82) is 0 Å². The van der Waals surface area contributed by atoms with Crippen LogP contribution in [-0.4, -0.2) is 57.7 Å². The van der Waals surface area contributed by atoms with Crippen molar-refractivity contribution in [3.63, 3.8) is 0 Å². The summed E-state index contributed by atoms with van der Waals surface area (Å²) in [5.74, 6) is 0. The maximum Gasteiger partial charge on any atom is 2.00 e. The van der Waals surface area contributed by atoms with Gasteiger partial charge in [0.25, 0.3) is 0 Å². The molecule has 7 heavy (non-hydrogen) atoms. The minimum atomic E-state index is -0.954. The van der Waals surface area contributed by atoms with Gasteiger partial charge < -0.3 is 15.3 Å². The molecular formula is C3H8MgO3+2. The molecule has 0 saturated heterocycles. The predicted molar refractivity (Wildman–Crippen MR) is 25.9 cm³/mol. The van der Waals surface area contributed by atoms with Gasteiger partial charge in [-0.25, -0.2) is 0 Å². The Morgan fingerprint density at radius 1 is 1.14 bits per heavy atom. The molecule has 0 aromatic carbocycles. The summed E-state index contributed by atoms with van der Waals surface area (Å²) in [6.07, 6.45) is -0.954. The molecule has 0 aliphatic carbocycles. The van der Waals surface area contributed by atoms with Crippen molar-refractivity contribution < 1.29 is 15.3 Å². The van der Waals surface area contributed by atoms with Gasteiger partial charge in [0, 0.05) is 0 Å². The summed E-state index contributed by atoms with van der Waals surface area (Å²) in [4.78, 5) is 0. The normalized spacial score (nSPS) is 8.57. The first-order valence-electron chi connectivity index (χ1n) is 1.71. The second kappa shape index (κ2) is 6.65. The summed E-state index contributed by atoms with van der Waals surface area (Å²) in [6.45, 7) is -0.729. The van der Waals surface area contributed by atoms with Crippen LogP contribution in [0, 0.1) is 0 Å². The summed E-state index contributed by atoms with van der Waals surface area (Å²) in [6, 6.07) is 0. The van der Waals surface area contributed by atoms with Crippen LogP contribution in [-0.2, 0) is 0 Å². The van der Waals surface area contributed by atoms with Crippen molar-refractivity contribution in [1.82, 2.24) is 0 Å². The molecule has 0 saturated carbocycles. The molecule has 0 spiro atoms. The fraction of sp³-hybridized carbons (Fsp3) is 1.00. The molecule has 0 rings (SSSR count). The van der Waals surface area contributed by atoms with Gasteiger partial charge >= 0.3 is 23.1 Å². The molecule has 0 radical (unpaired) electrons. The van der Waals surface area contributed by atoms with E-state index in [-0.39, 0.29) is 36.3 Å². The first-order valence-corrected chi connectivity index (χ1v) is 1.71. The fourth-order valence-electron chi connectivity index (χ4n) is 0.0577. The molecule has 0 amide bonds. The van der Waals surface area contributed by atoms with Crippen LogP contribution in [0.4, 0.5) is 0 Å². The Balaban J connectivity index is 0. The molecule has 0 unspecified atom stereocenters.